The molecular weight excluding hydrogens is 402 g/mol. The summed E-state index contributed by atoms with van der Waals surface area (Å²) in [5.41, 5.74) is 6.86. The number of aliphatic hydroxyl groups is 2. The summed E-state index contributed by atoms with van der Waals surface area (Å²) in [6, 6.07) is 0. The zero-order valence-corrected chi connectivity index (χ0v) is 20.8. The molecule has 2 aliphatic heterocycles. The van der Waals surface area contributed by atoms with Crippen LogP contribution in [0.25, 0.3) is 0 Å². The minimum absolute atomic E-state index is 0.0629. The van der Waals surface area contributed by atoms with Crippen LogP contribution in [0.2, 0.25) is 0 Å². The average molecular weight is 450 g/mol. The molecular formula is C27H47NO4. The van der Waals surface area contributed by atoms with E-state index in [0.29, 0.717) is 42.1 Å². The van der Waals surface area contributed by atoms with E-state index < -0.39 is 0 Å². The normalized spacial score (nSPS) is 58.0. The molecule has 5 rings (SSSR count). The van der Waals surface area contributed by atoms with Gasteiger partial charge in [0.25, 0.3) is 0 Å². The van der Waals surface area contributed by atoms with Gasteiger partial charge in [-0.25, -0.2) is 0 Å². The van der Waals surface area contributed by atoms with Crippen LogP contribution in [0, 0.1) is 52.3 Å². The third-order valence-corrected chi connectivity index (χ3v) is 11.5. The number of hydrogen-bond donors (Lipinski definition) is 3. The monoisotopic (exact) mass is 449 g/mol. The number of hydrogen-bond acceptors (Lipinski definition) is 5. The van der Waals surface area contributed by atoms with Gasteiger partial charge in [0.15, 0.2) is 5.79 Å². The van der Waals surface area contributed by atoms with Gasteiger partial charge in [0, 0.05) is 18.9 Å². The molecule has 2 saturated heterocycles. The molecule has 3 saturated carbocycles. The standard InChI is InChI=1S/C27H47NO4/c1-16-5-10-27(31-15-16)17(2)24-23(32-27)12-22-20(13-28)21(7-9-26(22,24)4)25(3)8-6-19(30)11-18(25)14-29/h16-24,29-30H,5-15,28H2,1-4H3. The highest BCUT2D eigenvalue weighted by Gasteiger charge is 2.68. The molecule has 5 nitrogen and oxygen atoms in total. The molecule has 2 heterocycles. The molecule has 0 radical (unpaired) electrons. The first-order valence-electron chi connectivity index (χ1n) is 13.5. The maximum Gasteiger partial charge on any atom is 0.171 e. The lowest BCUT2D eigenvalue weighted by Crippen LogP contribution is -2.54. The zero-order valence-electron chi connectivity index (χ0n) is 20.8. The van der Waals surface area contributed by atoms with E-state index in [2.05, 4.69) is 27.7 Å². The number of ether oxygens (including phenoxy) is 2. The lowest BCUT2D eigenvalue weighted by atomic mass is 9.48. The lowest BCUT2D eigenvalue weighted by Gasteiger charge is -2.57. The van der Waals surface area contributed by atoms with Crippen molar-refractivity contribution in [2.24, 2.45) is 58.0 Å². The molecule has 184 valence electrons. The van der Waals surface area contributed by atoms with Gasteiger partial charge in [-0.05, 0) is 97.8 Å². The van der Waals surface area contributed by atoms with Crippen molar-refractivity contribution in [3.05, 3.63) is 0 Å². The van der Waals surface area contributed by atoms with Crippen LogP contribution < -0.4 is 5.73 Å². The van der Waals surface area contributed by atoms with Crippen LogP contribution in [0.4, 0.5) is 0 Å². The molecule has 12 unspecified atom stereocenters. The highest BCUT2D eigenvalue weighted by atomic mass is 16.7. The third kappa shape index (κ3) is 3.28. The fourth-order valence-electron chi connectivity index (χ4n) is 9.62. The summed E-state index contributed by atoms with van der Waals surface area (Å²) in [5, 5.41) is 20.5. The van der Waals surface area contributed by atoms with E-state index >= 15 is 0 Å². The maximum absolute atomic E-state index is 10.3. The quantitative estimate of drug-likeness (QED) is 0.607. The minimum atomic E-state index is -0.363. The van der Waals surface area contributed by atoms with Crippen molar-refractivity contribution in [1.82, 2.24) is 0 Å². The van der Waals surface area contributed by atoms with Crippen molar-refractivity contribution in [3.63, 3.8) is 0 Å². The largest absolute Gasteiger partial charge is 0.396 e. The van der Waals surface area contributed by atoms with E-state index in [0.717, 1.165) is 38.7 Å². The van der Waals surface area contributed by atoms with Gasteiger partial charge >= 0.3 is 0 Å². The molecule has 32 heavy (non-hydrogen) atoms. The first-order chi connectivity index (χ1) is 15.2. The summed E-state index contributed by atoms with van der Waals surface area (Å²) in [4.78, 5) is 0. The summed E-state index contributed by atoms with van der Waals surface area (Å²) < 4.78 is 13.3. The van der Waals surface area contributed by atoms with E-state index in [1.165, 1.54) is 19.3 Å². The Bertz CT molecular complexity index is 693. The van der Waals surface area contributed by atoms with Crippen molar-refractivity contribution in [2.45, 2.75) is 97.1 Å². The summed E-state index contributed by atoms with van der Waals surface area (Å²) in [6.45, 7) is 11.3. The molecule has 0 amide bonds. The zero-order chi connectivity index (χ0) is 22.9. The molecule has 3 aliphatic carbocycles. The van der Waals surface area contributed by atoms with Crippen molar-refractivity contribution in [2.75, 3.05) is 19.8 Å². The van der Waals surface area contributed by atoms with Crippen molar-refractivity contribution in [3.8, 4) is 0 Å². The Kier molecular flexibility index (Phi) is 6.02. The van der Waals surface area contributed by atoms with Gasteiger partial charge in [-0.1, -0.05) is 27.7 Å². The van der Waals surface area contributed by atoms with Crippen LogP contribution in [0.15, 0.2) is 0 Å². The topological polar surface area (TPSA) is 84.9 Å². The van der Waals surface area contributed by atoms with Gasteiger partial charge in [-0.2, -0.15) is 0 Å². The van der Waals surface area contributed by atoms with E-state index in [9.17, 15) is 10.2 Å². The van der Waals surface area contributed by atoms with Gasteiger partial charge < -0.3 is 25.4 Å². The Balaban J connectivity index is 1.40. The molecule has 5 heteroatoms. The molecule has 5 fully saturated rings. The molecule has 5 aliphatic rings. The Labute approximate surface area is 194 Å². The molecule has 1 spiro atoms. The Hall–Kier alpha value is -0.200. The number of rotatable bonds is 3. The number of nitrogens with two attached hydrogens (primary N) is 1. The van der Waals surface area contributed by atoms with Crippen LogP contribution in [-0.2, 0) is 9.47 Å². The summed E-state index contributed by atoms with van der Waals surface area (Å²) in [7, 11) is 0. The van der Waals surface area contributed by atoms with Gasteiger partial charge in [-0.3, -0.25) is 0 Å². The molecule has 12 atom stereocenters. The number of aliphatic hydroxyl groups excluding tert-OH is 2. The highest BCUT2D eigenvalue weighted by Crippen LogP contribution is 2.69. The fourth-order valence-corrected chi connectivity index (χ4v) is 9.62. The Morgan fingerprint density at radius 1 is 0.969 bits per heavy atom. The van der Waals surface area contributed by atoms with Crippen molar-refractivity contribution in [1.29, 1.82) is 0 Å². The Morgan fingerprint density at radius 2 is 1.72 bits per heavy atom. The van der Waals surface area contributed by atoms with Crippen LogP contribution in [-0.4, -0.2) is 48.0 Å². The molecule has 0 bridgehead atoms. The second-order valence-corrected chi connectivity index (χ2v) is 12.9. The van der Waals surface area contributed by atoms with Gasteiger partial charge in [0.05, 0.1) is 18.8 Å². The lowest BCUT2D eigenvalue weighted by molar-refractivity contribution is -0.272. The maximum atomic E-state index is 10.3. The van der Waals surface area contributed by atoms with E-state index in [1.807, 2.05) is 0 Å². The summed E-state index contributed by atoms with van der Waals surface area (Å²) in [5.74, 6) is 2.97. The molecule has 4 N–H and O–H groups in total. The van der Waals surface area contributed by atoms with Gasteiger partial charge in [0.1, 0.15) is 0 Å². The molecule has 0 aromatic heterocycles. The van der Waals surface area contributed by atoms with E-state index in [4.69, 9.17) is 15.2 Å². The smallest absolute Gasteiger partial charge is 0.171 e. The fraction of sp³-hybridized carbons (Fsp3) is 1.00. The molecule has 0 aromatic carbocycles. The van der Waals surface area contributed by atoms with Crippen LogP contribution in [0.3, 0.4) is 0 Å². The van der Waals surface area contributed by atoms with Gasteiger partial charge in [-0.15, -0.1) is 0 Å². The average Bonchev–Trinajstić information content (AvgIpc) is 3.21. The third-order valence-electron chi connectivity index (χ3n) is 11.5. The van der Waals surface area contributed by atoms with Crippen LogP contribution in [0.1, 0.15) is 79.1 Å². The predicted octanol–water partition coefficient (Wildman–Crippen LogP) is 3.95. The summed E-state index contributed by atoms with van der Waals surface area (Å²) >= 11 is 0. The van der Waals surface area contributed by atoms with Crippen molar-refractivity contribution >= 4 is 0 Å². The number of fused-ring (bicyclic) bond motifs is 3. The first kappa shape index (κ1) is 23.5. The van der Waals surface area contributed by atoms with E-state index in [-0.39, 0.29) is 41.3 Å². The first-order valence-corrected chi connectivity index (χ1v) is 13.5. The van der Waals surface area contributed by atoms with E-state index in [1.54, 1.807) is 0 Å². The minimum Gasteiger partial charge on any atom is -0.396 e. The van der Waals surface area contributed by atoms with Crippen molar-refractivity contribution < 1.29 is 19.7 Å². The second-order valence-electron chi connectivity index (χ2n) is 12.9. The summed E-state index contributed by atoms with van der Waals surface area (Å²) in [6.07, 6.45) is 8.34. The van der Waals surface area contributed by atoms with Crippen LogP contribution >= 0.6 is 0 Å². The Morgan fingerprint density at radius 3 is 2.38 bits per heavy atom. The SMILES string of the molecule is CC1CCC2(OC1)OC1CC3C(CN)C(C4(C)CCC(O)CC4CO)CCC3(C)C1C2C. The highest BCUT2D eigenvalue weighted by molar-refractivity contribution is 5.14. The van der Waals surface area contributed by atoms with Crippen LogP contribution in [0.5, 0.6) is 0 Å². The molecule has 0 aromatic rings. The van der Waals surface area contributed by atoms with Gasteiger partial charge in [0.2, 0.25) is 0 Å². The predicted molar refractivity (Wildman–Crippen MR) is 125 cm³/mol. The second kappa shape index (κ2) is 8.19.